The van der Waals surface area contributed by atoms with E-state index in [-0.39, 0.29) is 6.67 Å². The van der Waals surface area contributed by atoms with E-state index in [0.29, 0.717) is 18.3 Å². The van der Waals surface area contributed by atoms with Gasteiger partial charge < -0.3 is 0 Å². The smallest absolute Gasteiger partial charge is 0.251 e. The molecule has 0 bridgehead atoms. The van der Waals surface area contributed by atoms with E-state index in [0.717, 1.165) is 30.2 Å². The zero-order valence-corrected chi connectivity index (χ0v) is 15.9. The Bertz CT molecular complexity index is 586. The Kier molecular flexibility index (Phi) is 6.99. The molecule has 0 N–H and O–H groups in total. The van der Waals surface area contributed by atoms with Crippen LogP contribution in [0.25, 0.3) is 0 Å². The Hall–Kier alpha value is -1.32. The maximum atomic E-state index is 12.7. The van der Waals surface area contributed by atoms with Crippen molar-refractivity contribution in [2.24, 2.45) is 17.8 Å². The van der Waals surface area contributed by atoms with Gasteiger partial charge in [-0.15, -0.1) is 0 Å². The highest BCUT2D eigenvalue weighted by atomic mass is 19.4. The largest absolute Gasteiger partial charge is 0.416 e. The normalized spacial score (nSPS) is 29.9. The van der Waals surface area contributed by atoms with Gasteiger partial charge >= 0.3 is 6.18 Å². The molecule has 1 aromatic rings. The molecule has 3 rings (SSSR count). The lowest BCUT2D eigenvalue weighted by Crippen LogP contribution is -2.25. The van der Waals surface area contributed by atoms with Gasteiger partial charge in [-0.2, -0.15) is 13.2 Å². The average molecular weight is 382 g/mol. The predicted octanol–water partition coefficient (Wildman–Crippen LogP) is 7.70. The second-order valence-electron chi connectivity index (χ2n) is 8.31. The van der Waals surface area contributed by atoms with Gasteiger partial charge in [0.2, 0.25) is 0 Å². The fourth-order valence-corrected chi connectivity index (χ4v) is 5.03. The summed E-state index contributed by atoms with van der Waals surface area (Å²) in [4.78, 5) is 0. The van der Waals surface area contributed by atoms with Crippen molar-refractivity contribution in [2.75, 3.05) is 6.67 Å². The van der Waals surface area contributed by atoms with Gasteiger partial charge in [0, 0.05) is 0 Å². The van der Waals surface area contributed by atoms with Gasteiger partial charge in [-0.05, 0) is 99.2 Å². The second-order valence-corrected chi connectivity index (χ2v) is 8.31. The molecule has 2 saturated carbocycles. The molecule has 0 radical (unpaired) electrons. The third kappa shape index (κ3) is 5.58. The molecule has 2 aliphatic carbocycles. The molecule has 0 nitrogen and oxygen atoms in total. The number of alkyl halides is 4. The molecule has 27 heavy (non-hydrogen) atoms. The van der Waals surface area contributed by atoms with Gasteiger partial charge in [0.25, 0.3) is 0 Å². The van der Waals surface area contributed by atoms with Crippen LogP contribution in [-0.4, -0.2) is 6.67 Å². The van der Waals surface area contributed by atoms with Crippen molar-refractivity contribution >= 4 is 0 Å². The Morgan fingerprint density at radius 3 is 1.89 bits per heavy atom. The first-order valence-electron chi connectivity index (χ1n) is 10.4. The highest BCUT2D eigenvalue weighted by Crippen LogP contribution is 2.44. The van der Waals surface area contributed by atoms with Gasteiger partial charge in [-0.1, -0.05) is 24.3 Å². The molecule has 150 valence electrons. The Morgan fingerprint density at radius 2 is 1.37 bits per heavy atom. The summed E-state index contributed by atoms with van der Waals surface area (Å²) in [5, 5.41) is 0. The second kappa shape index (κ2) is 9.25. The van der Waals surface area contributed by atoms with E-state index >= 15 is 0 Å². The van der Waals surface area contributed by atoms with Crippen LogP contribution in [0.1, 0.15) is 74.8 Å². The standard InChI is InChI=1S/C23H30F4/c24-16-2-1-3-17-4-6-18(7-5-17)19-8-10-20(11-9-19)21-12-14-22(15-13-21)23(25,26)27/h1,3,12-15,17-20H,2,4-11,16H2/b3-1+/t17-,18-,19?,20?. The summed E-state index contributed by atoms with van der Waals surface area (Å²) in [6.07, 6.45) is 10.00. The molecule has 0 heterocycles. The molecule has 0 aliphatic heterocycles. The minimum atomic E-state index is -4.25. The maximum Gasteiger partial charge on any atom is 0.416 e. The molecule has 0 atom stereocenters. The van der Waals surface area contributed by atoms with Crippen molar-refractivity contribution in [1.29, 1.82) is 0 Å². The SMILES string of the molecule is FCC/C=C/[C@H]1CC[C@H](C2CCC(c3ccc(C(F)(F)F)cc3)CC2)CC1. The van der Waals surface area contributed by atoms with Crippen LogP contribution >= 0.6 is 0 Å². The number of rotatable bonds is 5. The predicted molar refractivity (Wildman–Crippen MR) is 101 cm³/mol. The summed E-state index contributed by atoms with van der Waals surface area (Å²) in [6, 6.07) is 5.78. The van der Waals surface area contributed by atoms with E-state index in [1.165, 1.54) is 50.7 Å². The van der Waals surface area contributed by atoms with Gasteiger partial charge in [-0.25, -0.2) is 0 Å². The molecular weight excluding hydrogens is 352 g/mol. The van der Waals surface area contributed by atoms with Gasteiger partial charge in [0.15, 0.2) is 0 Å². The first-order valence-corrected chi connectivity index (χ1v) is 10.4. The molecule has 0 unspecified atom stereocenters. The Morgan fingerprint density at radius 1 is 0.815 bits per heavy atom. The number of allylic oxidation sites excluding steroid dienone is 2. The van der Waals surface area contributed by atoms with Crippen LogP contribution in [0.15, 0.2) is 36.4 Å². The summed E-state index contributed by atoms with van der Waals surface area (Å²) in [7, 11) is 0. The monoisotopic (exact) mass is 382 g/mol. The minimum Gasteiger partial charge on any atom is -0.251 e. The van der Waals surface area contributed by atoms with Crippen molar-refractivity contribution in [3.63, 3.8) is 0 Å². The molecule has 1 aromatic carbocycles. The maximum absolute atomic E-state index is 12.7. The van der Waals surface area contributed by atoms with Crippen LogP contribution in [0.5, 0.6) is 0 Å². The lowest BCUT2D eigenvalue weighted by molar-refractivity contribution is -0.137. The first kappa shape index (κ1) is 20.4. The van der Waals surface area contributed by atoms with E-state index < -0.39 is 11.7 Å². The van der Waals surface area contributed by atoms with Crippen LogP contribution in [0.3, 0.4) is 0 Å². The van der Waals surface area contributed by atoms with Crippen LogP contribution in [0.2, 0.25) is 0 Å². The third-order valence-electron chi connectivity index (χ3n) is 6.65. The van der Waals surface area contributed by atoms with Crippen molar-refractivity contribution in [3.05, 3.63) is 47.5 Å². The summed E-state index contributed by atoms with van der Waals surface area (Å²) in [6.45, 7) is -0.270. The van der Waals surface area contributed by atoms with E-state index in [1.807, 2.05) is 6.08 Å². The van der Waals surface area contributed by atoms with Crippen LogP contribution in [0.4, 0.5) is 17.6 Å². The molecule has 2 aliphatic rings. The lowest BCUT2D eigenvalue weighted by Gasteiger charge is -2.37. The Balaban J connectivity index is 1.45. The minimum absolute atomic E-state index is 0.270. The molecule has 0 aromatic heterocycles. The van der Waals surface area contributed by atoms with Crippen molar-refractivity contribution in [2.45, 2.75) is 69.9 Å². The molecular formula is C23H30F4. The number of hydrogen-bond acceptors (Lipinski definition) is 0. The summed E-state index contributed by atoms with van der Waals surface area (Å²) < 4.78 is 50.3. The van der Waals surface area contributed by atoms with Gasteiger partial charge in [0.05, 0.1) is 12.2 Å². The number of benzene rings is 1. The van der Waals surface area contributed by atoms with Crippen molar-refractivity contribution in [3.8, 4) is 0 Å². The first-order chi connectivity index (χ1) is 13.0. The molecule has 4 heteroatoms. The van der Waals surface area contributed by atoms with Crippen molar-refractivity contribution in [1.82, 2.24) is 0 Å². The van der Waals surface area contributed by atoms with Gasteiger partial charge in [-0.3, -0.25) is 4.39 Å². The Labute approximate surface area is 160 Å². The molecule has 0 amide bonds. The summed E-state index contributed by atoms with van der Waals surface area (Å²) >= 11 is 0. The van der Waals surface area contributed by atoms with Crippen LogP contribution < -0.4 is 0 Å². The van der Waals surface area contributed by atoms with Crippen LogP contribution in [0, 0.1) is 17.8 Å². The highest BCUT2D eigenvalue weighted by Gasteiger charge is 2.32. The van der Waals surface area contributed by atoms with E-state index in [1.54, 1.807) is 12.1 Å². The lowest BCUT2D eigenvalue weighted by atomic mass is 9.68. The highest BCUT2D eigenvalue weighted by molar-refractivity contribution is 5.27. The van der Waals surface area contributed by atoms with Gasteiger partial charge in [0.1, 0.15) is 0 Å². The molecule has 2 fully saturated rings. The molecule has 0 saturated heterocycles. The average Bonchev–Trinajstić information content (AvgIpc) is 2.68. The van der Waals surface area contributed by atoms with Crippen LogP contribution in [-0.2, 0) is 6.18 Å². The summed E-state index contributed by atoms with van der Waals surface area (Å²) in [5.41, 5.74) is 0.500. The quantitative estimate of drug-likeness (QED) is 0.361. The zero-order chi connectivity index (χ0) is 19.3. The fraction of sp³-hybridized carbons (Fsp3) is 0.652. The van der Waals surface area contributed by atoms with Crippen molar-refractivity contribution < 1.29 is 17.6 Å². The zero-order valence-electron chi connectivity index (χ0n) is 15.9. The third-order valence-corrected chi connectivity index (χ3v) is 6.65. The number of hydrogen-bond donors (Lipinski definition) is 0. The number of halogens is 4. The molecule has 0 spiro atoms. The van der Waals surface area contributed by atoms with E-state index in [4.69, 9.17) is 0 Å². The van der Waals surface area contributed by atoms with E-state index in [9.17, 15) is 17.6 Å². The topological polar surface area (TPSA) is 0 Å². The van der Waals surface area contributed by atoms with E-state index in [2.05, 4.69) is 6.08 Å². The fourth-order valence-electron chi connectivity index (χ4n) is 5.03. The summed E-state index contributed by atoms with van der Waals surface area (Å²) in [5.74, 6) is 2.59.